The number of likely N-dealkylation sites (N-methyl/N-ethyl adjacent to an activating group) is 1. The topological polar surface area (TPSA) is 209 Å². The fraction of sp³-hybridized carbons (Fsp3) is 0.738. The SMILES string of the molecule is C=C1COC2[C@@H](C)/C(=C/COC(=O)NCc3ccc(C(N)=O)s3)[C@H](C)C[C@@](C)(OC1)[C@H](OC1O[C@H](C)C[C@H](N(C)C)[C@H]1O)[C@@H](C)[C@H](O)[C@@H](C)C(=O)O[C@H](CC)[C@@]2(C)O. The number of amides is 2. The zero-order valence-corrected chi connectivity index (χ0v) is 36.6. The van der Waals surface area contributed by atoms with Gasteiger partial charge in [-0.05, 0) is 90.8 Å². The molecule has 328 valence electrons. The first-order valence-electron chi connectivity index (χ1n) is 20.3. The molecule has 14 atom stereocenters. The van der Waals surface area contributed by atoms with E-state index in [2.05, 4.69) is 11.9 Å². The van der Waals surface area contributed by atoms with E-state index < -0.39 is 83.7 Å². The molecule has 15 nitrogen and oxygen atoms in total. The van der Waals surface area contributed by atoms with Crippen molar-refractivity contribution in [2.24, 2.45) is 29.4 Å². The molecule has 2 unspecified atom stereocenters. The van der Waals surface area contributed by atoms with Crippen LogP contribution in [0.5, 0.6) is 0 Å². The third-order valence-corrected chi connectivity index (χ3v) is 13.2. The predicted octanol–water partition coefficient (Wildman–Crippen LogP) is 3.92. The van der Waals surface area contributed by atoms with Crippen molar-refractivity contribution in [3.63, 3.8) is 0 Å². The summed E-state index contributed by atoms with van der Waals surface area (Å²) in [5.41, 5.74) is 3.75. The van der Waals surface area contributed by atoms with E-state index in [-0.39, 0.29) is 57.3 Å². The van der Waals surface area contributed by atoms with Crippen molar-refractivity contribution in [2.45, 2.75) is 141 Å². The van der Waals surface area contributed by atoms with Gasteiger partial charge in [0.2, 0.25) is 0 Å². The van der Waals surface area contributed by atoms with Crippen molar-refractivity contribution < 1.29 is 58.1 Å². The summed E-state index contributed by atoms with van der Waals surface area (Å²) in [4.78, 5) is 41.3. The Hall–Kier alpha value is -2.93. The number of carbonyl (C=O) groups is 3. The van der Waals surface area contributed by atoms with Gasteiger partial charge < -0.3 is 59.7 Å². The highest BCUT2D eigenvalue weighted by Gasteiger charge is 2.52. The summed E-state index contributed by atoms with van der Waals surface area (Å²) >= 11 is 1.18. The number of nitrogens with zero attached hydrogens (tertiary/aromatic N) is 1. The normalized spacial score (nSPS) is 39.0. The Kier molecular flexibility index (Phi) is 16.5. The fourth-order valence-corrected chi connectivity index (χ4v) is 9.60. The second kappa shape index (κ2) is 20.1. The first kappa shape index (κ1) is 47.7. The van der Waals surface area contributed by atoms with Crippen LogP contribution in [0.15, 0.2) is 35.9 Å². The number of alkyl carbamates (subject to hydrolysis) is 1. The summed E-state index contributed by atoms with van der Waals surface area (Å²) in [6.45, 7) is 18.7. The standard InChI is InChI=1S/C42H67N3O12S/c1-12-32-42(9,51)36-25(5)29(15-16-52-40(50)44-19-28-13-14-31(58-28)37(43)48)23(3)18-41(8,54-21-22(2)20-53-36)35(26(6)33(46)27(7)38(49)56-32)57-39-34(47)30(45(10)11)17-24(4)55-39/h13-15,23-27,30,32-36,39,46-47,51H,2,12,16-21H2,1,3-11H3,(H2,43,48)(H,44,50)/b29-15+/t23-,24-,25+,26+,27-,30+,32-,33+,34-,35-,36?,39?,41-,42-/m1/s1. The number of aliphatic hydroxyl groups is 3. The molecule has 3 aliphatic rings. The van der Waals surface area contributed by atoms with Crippen LogP contribution in [0.3, 0.4) is 0 Å². The van der Waals surface area contributed by atoms with E-state index in [1.807, 2.05) is 46.7 Å². The summed E-state index contributed by atoms with van der Waals surface area (Å²) in [7, 11) is 3.77. The molecule has 0 radical (unpaired) electrons. The summed E-state index contributed by atoms with van der Waals surface area (Å²) < 4.78 is 38.0. The van der Waals surface area contributed by atoms with Crippen LogP contribution in [0.2, 0.25) is 0 Å². The predicted molar refractivity (Wildman–Crippen MR) is 218 cm³/mol. The lowest BCUT2D eigenvalue weighted by Gasteiger charge is -2.48. The maximum Gasteiger partial charge on any atom is 0.407 e. The molecule has 0 aromatic carbocycles. The van der Waals surface area contributed by atoms with E-state index >= 15 is 0 Å². The van der Waals surface area contributed by atoms with Crippen molar-refractivity contribution in [1.29, 1.82) is 0 Å². The van der Waals surface area contributed by atoms with Gasteiger partial charge in [0, 0.05) is 22.8 Å². The van der Waals surface area contributed by atoms with Crippen molar-refractivity contribution in [2.75, 3.05) is 33.9 Å². The van der Waals surface area contributed by atoms with Gasteiger partial charge in [-0.1, -0.05) is 39.8 Å². The minimum absolute atomic E-state index is 0.00104. The van der Waals surface area contributed by atoms with Gasteiger partial charge in [-0.2, -0.15) is 0 Å². The van der Waals surface area contributed by atoms with E-state index in [1.165, 1.54) is 11.3 Å². The molecule has 3 aliphatic heterocycles. The van der Waals surface area contributed by atoms with Crippen LogP contribution in [0.4, 0.5) is 4.79 Å². The summed E-state index contributed by atoms with van der Waals surface area (Å²) in [5, 5.41) is 38.7. The third-order valence-electron chi connectivity index (χ3n) is 12.1. The monoisotopic (exact) mass is 837 g/mol. The molecule has 0 aliphatic carbocycles. The quantitative estimate of drug-likeness (QED) is 0.177. The van der Waals surface area contributed by atoms with Gasteiger partial charge in [0.15, 0.2) is 6.29 Å². The van der Waals surface area contributed by atoms with Crippen LogP contribution in [0.1, 0.15) is 89.2 Å². The van der Waals surface area contributed by atoms with Gasteiger partial charge in [-0.15, -0.1) is 11.3 Å². The van der Waals surface area contributed by atoms with Crippen LogP contribution < -0.4 is 11.1 Å². The van der Waals surface area contributed by atoms with Crippen LogP contribution in [0, 0.1) is 23.7 Å². The summed E-state index contributed by atoms with van der Waals surface area (Å²) in [6, 6.07) is 3.03. The number of aliphatic hydroxyl groups excluding tert-OH is 2. The van der Waals surface area contributed by atoms with Crippen molar-refractivity contribution in [1.82, 2.24) is 10.2 Å². The van der Waals surface area contributed by atoms with Crippen molar-refractivity contribution in [3.05, 3.63) is 45.7 Å². The number of thiophene rings is 1. The molecule has 16 heteroatoms. The third kappa shape index (κ3) is 11.3. The number of cyclic esters (lactones) is 1. The van der Waals surface area contributed by atoms with E-state index in [9.17, 15) is 29.7 Å². The summed E-state index contributed by atoms with van der Waals surface area (Å²) in [6.07, 6.45) is -4.45. The molecule has 58 heavy (non-hydrogen) atoms. The largest absolute Gasteiger partial charge is 0.459 e. The highest BCUT2D eigenvalue weighted by molar-refractivity contribution is 7.14. The van der Waals surface area contributed by atoms with Gasteiger partial charge in [-0.3, -0.25) is 9.59 Å². The molecule has 6 N–H and O–H groups in total. The van der Waals surface area contributed by atoms with Gasteiger partial charge in [0.1, 0.15) is 24.4 Å². The number of nitrogens with one attached hydrogen (secondary N) is 1. The highest BCUT2D eigenvalue weighted by atomic mass is 32.1. The Labute approximate surface area is 347 Å². The fourth-order valence-electron chi connectivity index (χ4n) is 8.80. The molecule has 0 saturated carbocycles. The molecule has 4 heterocycles. The average molecular weight is 838 g/mol. The maximum absolute atomic E-state index is 13.9. The zero-order chi connectivity index (χ0) is 43.3. The lowest BCUT2D eigenvalue weighted by Crippen LogP contribution is -2.60. The number of ether oxygens (including phenoxy) is 6. The minimum Gasteiger partial charge on any atom is -0.459 e. The van der Waals surface area contributed by atoms with Crippen LogP contribution in [0.25, 0.3) is 0 Å². The van der Waals surface area contributed by atoms with Gasteiger partial charge in [0.05, 0.1) is 60.6 Å². The average Bonchev–Trinajstić information content (AvgIpc) is 3.64. The molecule has 1 aromatic heterocycles. The summed E-state index contributed by atoms with van der Waals surface area (Å²) in [5.74, 6) is -3.96. The highest BCUT2D eigenvalue weighted by Crippen LogP contribution is 2.43. The molecule has 3 saturated heterocycles. The van der Waals surface area contributed by atoms with Crippen LogP contribution in [-0.4, -0.2) is 132 Å². The van der Waals surface area contributed by atoms with Crippen molar-refractivity contribution in [3.8, 4) is 0 Å². The number of hydrogen-bond donors (Lipinski definition) is 5. The molecule has 2 bridgehead atoms. The molecule has 1 aromatic rings. The lowest BCUT2D eigenvalue weighted by molar-refractivity contribution is -0.303. The van der Waals surface area contributed by atoms with E-state index in [0.29, 0.717) is 16.9 Å². The molecule has 0 spiro atoms. The molecule has 2 amide bonds. The second-order valence-electron chi connectivity index (χ2n) is 17.1. The molecule has 3 fully saturated rings. The number of rotatable bonds is 9. The number of nitrogens with two attached hydrogens (primary N) is 1. The Morgan fingerprint density at radius 1 is 1.10 bits per heavy atom. The van der Waals surface area contributed by atoms with Gasteiger partial charge in [0.25, 0.3) is 5.91 Å². The zero-order valence-electron chi connectivity index (χ0n) is 35.8. The number of carbonyl (C=O) groups excluding carboxylic acids is 3. The Morgan fingerprint density at radius 3 is 2.41 bits per heavy atom. The molecular formula is C42H67N3O12S. The Bertz CT molecular complexity index is 1620. The van der Waals surface area contributed by atoms with E-state index in [4.69, 9.17) is 34.2 Å². The molecular weight excluding hydrogens is 771 g/mol. The second-order valence-corrected chi connectivity index (χ2v) is 18.3. The lowest BCUT2D eigenvalue weighted by atomic mass is 9.72. The number of fused-ring (bicyclic) bond motifs is 5. The maximum atomic E-state index is 13.9. The number of esters is 1. The van der Waals surface area contributed by atoms with Gasteiger partial charge in [-0.25, -0.2) is 4.79 Å². The van der Waals surface area contributed by atoms with E-state index in [1.54, 1.807) is 45.9 Å². The Morgan fingerprint density at radius 2 is 1.79 bits per heavy atom. The Balaban J connectivity index is 1.80. The number of primary amides is 1. The van der Waals surface area contributed by atoms with Gasteiger partial charge >= 0.3 is 12.1 Å². The first-order chi connectivity index (χ1) is 27.1. The van der Waals surface area contributed by atoms with Crippen LogP contribution in [-0.2, 0) is 39.8 Å². The smallest absolute Gasteiger partial charge is 0.407 e. The first-order valence-corrected chi connectivity index (χ1v) is 21.1. The van der Waals surface area contributed by atoms with Crippen molar-refractivity contribution >= 4 is 29.3 Å². The molecule has 4 rings (SSSR count). The van der Waals surface area contributed by atoms with Crippen LogP contribution >= 0.6 is 11.3 Å². The number of hydrogen-bond acceptors (Lipinski definition) is 14. The van der Waals surface area contributed by atoms with E-state index in [0.717, 1.165) is 10.5 Å². The minimum atomic E-state index is -1.73.